The lowest BCUT2D eigenvalue weighted by Crippen LogP contribution is -2.49. The Morgan fingerprint density at radius 3 is 1.05 bits per heavy atom. The second-order valence-corrected chi connectivity index (χ2v) is 39.5. The van der Waals surface area contributed by atoms with Crippen LogP contribution in [0.4, 0.5) is 22.0 Å². The van der Waals surface area contributed by atoms with Gasteiger partial charge in [-0.05, 0) is 211 Å². The summed E-state index contributed by atoms with van der Waals surface area (Å²) in [5.74, 6) is -3.43. The van der Waals surface area contributed by atoms with Crippen LogP contribution >= 0.6 is 58.0 Å². The van der Waals surface area contributed by atoms with Crippen LogP contribution in [0.25, 0.3) is 55.0 Å². The minimum absolute atomic E-state index is 0.00227. The van der Waals surface area contributed by atoms with Crippen LogP contribution in [0.15, 0.2) is 98.2 Å². The van der Waals surface area contributed by atoms with Crippen LogP contribution in [0.3, 0.4) is 0 Å². The average Bonchev–Trinajstić information content (AvgIpc) is 1.64. The molecule has 0 radical (unpaired) electrons. The van der Waals surface area contributed by atoms with E-state index in [2.05, 4.69) is 46.5 Å². The number of primary amides is 4. The lowest BCUT2D eigenvalue weighted by molar-refractivity contribution is -0.129. The maximum Gasteiger partial charge on any atom is 0.253 e. The van der Waals surface area contributed by atoms with Gasteiger partial charge in [0, 0.05) is 114 Å². The zero-order valence-electron chi connectivity index (χ0n) is 75.7. The van der Waals surface area contributed by atoms with Gasteiger partial charge >= 0.3 is 0 Å². The van der Waals surface area contributed by atoms with Crippen molar-refractivity contribution in [3.8, 4) is 0 Å². The molecule has 10 aromatic rings. The molecule has 10 amide bonds. The van der Waals surface area contributed by atoms with E-state index >= 15 is 0 Å². The second kappa shape index (κ2) is 43.5. The molecule has 4 unspecified atom stereocenters. The first-order valence-electron chi connectivity index (χ1n) is 44.4. The topological polar surface area (TPSA) is 455 Å². The summed E-state index contributed by atoms with van der Waals surface area (Å²) in [6.07, 6.45) is 23.9. The lowest BCUT2D eigenvalue weighted by Gasteiger charge is -2.38. The van der Waals surface area contributed by atoms with E-state index in [4.69, 9.17) is 80.9 Å². The number of nitrogens with two attached hydrogens (primary N) is 4. The predicted molar refractivity (Wildman–Crippen MR) is 503 cm³/mol. The molecule has 1 aromatic carbocycles. The Hall–Kier alpha value is -10.8. The molecular weight excluding hydrogens is 1850 g/mol. The van der Waals surface area contributed by atoms with Crippen LogP contribution in [-0.4, -0.2) is 203 Å². The van der Waals surface area contributed by atoms with Gasteiger partial charge in [0.1, 0.15) is 83.7 Å². The fraction of sp³-hybridized carbons (Fsp3) is 0.505. The number of rotatable bonds is 25. The Bertz CT molecular complexity index is 6020. The largest absolute Gasteiger partial charge is 0.388 e. The maximum atomic E-state index is 14.3. The lowest BCUT2D eigenvalue weighted by atomic mass is 9.77. The Labute approximate surface area is 795 Å². The van der Waals surface area contributed by atoms with Gasteiger partial charge in [-0.1, -0.05) is 64.1 Å². The number of hydrogen-bond acceptors (Lipinski definition) is 16. The molecule has 15 N–H and O–H groups in total. The molecule has 41 heteroatoms. The quantitative estimate of drug-likeness (QED) is 0.0237. The van der Waals surface area contributed by atoms with Crippen LogP contribution in [0.2, 0.25) is 25.1 Å². The Kier molecular flexibility index (Phi) is 33.7. The van der Waals surface area contributed by atoms with E-state index in [9.17, 15) is 80.1 Å². The number of carbonyl (C=O) groups excluding carboxylic acids is 10. The number of alkyl halides is 5. The minimum Gasteiger partial charge on any atom is -0.388 e. The first-order valence-corrected chi connectivity index (χ1v) is 46.3. The number of halogens is 10. The van der Waals surface area contributed by atoms with E-state index in [-0.39, 0.29) is 130 Å². The number of hydrogen-bond donors (Lipinski definition) is 11. The fourth-order valence-corrected chi connectivity index (χ4v) is 19.3. The first kappa shape index (κ1) is 104. The minimum atomic E-state index is -1.46. The molecule has 5 aliphatic carbocycles. The Balaban J connectivity index is 0.000000161. The van der Waals surface area contributed by atoms with E-state index in [1.54, 1.807) is 88.2 Å². The third kappa shape index (κ3) is 27.1. The highest BCUT2D eigenvalue weighted by Crippen LogP contribution is 2.43. The van der Waals surface area contributed by atoms with Crippen LogP contribution in [0, 0.1) is 17.8 Å². The van der Waals surface area contributed by atoms with E-state index in [0.717, 1.165) is 44.0 Å². The number of carbonyl (C=O) groups is 10. The van der Waals surface area contributed by atoms with Crippen molar-refractivity contribution in [1.29, 1.82) is 0 Å². The molecule has 0 bridgehead atoms. The van der Waals surface area contributed by atoms with Gasteiger partial charge in [-0.3, -0.25) is 47.9 Å². The van der Waals surface area contributed by atoms with Gasteiger partial charge in [0.15, 0.2) is 0 Å². The smallest absolute Gasteiger partial charge is 0.253 e. The van der Waals surface area contributed by atoms with Crippen molar-refractivity contribution in [3.63, 3.8) is 0 Å². The van der Waals surface area contributed by atoms with Crippen molar-refractivity contribution in [3.05, 3.63) is 151 Å². The number of aromatic nitrogens is 9. The molecule has 0 aliphatic heterocycles. The van der Waals surface area contributed by atoms with E-state index in [0.29, 0.717) is 169 Å². The van der Waals surface area contributed by atoms with Crippen molar-refractivity contribution in [2.75, 3.05) is 46.8 Å². The standard InChI is InChI=1S/C21H27ClFN3O2.2C18H22ClFN4O3.2C18H22ClFN4O2/c1-21(23)9-7-14(8-10-21)11-24-20(28)15-12-26(13-18(27)25(2)3)17-6-4-5-16(22)19(15)17;1-17(20)3-5-18(27,6-4-17)10-23-16(26)11-8-24(9-13(21)25)15-14(11)12(19)2-7-22-15;1-17(20)4-2-5-18(27,9-17)10-23-16(26)11-7-24(8-13(21)25)15-14(11)12(19)3-6-22-15;1-18(20)5-2-11(3-6-18)8-23-17(26)12-9-24(10-14(21)25)16-15(12)13(19)4-7-22-16;1-18(20)5-2-3-11(7-18)8-23-17(26)12-9-24(10-14(21)25)16-15(12)13(19)4-6-22-16/h4-6,12,14H,7-11,13H2,1-3H3,(H,24,28);2,7-8,27H,3-6,9-10H2,1H3,(H2,21,25)(H,23,26);3,6-7,27H,2,4-5,8-10H2,1H3,(H2,21,25)(H,23,26);4,7,9,11H,2-3,5-6,8,10H2,1H3,(H2,21,25)(H,23,26);4,6,9,11H,2-3,5,7-8,10H2,1H3,(H2,21,25)(H,23,26). The average molecular weight is 1960 g/mol. The number of amides is 10. The van der Waals surface area contributed by atoms with Gasteiger partial charge in [-0.15, -0.1) is 0 Å². The van der Waals surface area contributed by atoms with Crippen LogP contribution in [0.5, 0.6) is 0 Å². The van der Waals surface area contributed by atoms with E-state index in [1.165, 1.54) is 80.4 Å². The van der Waals surface area contributed by atoms with Crippen molar-refractivity contribution in [2.45, 2.75) is 235 Å². The molecule has 5 saturated carbocycles. The highest BCUT2D eigenvalue weighted by Gasteiger charge is 2.44. The third-order valence-corrected chi connectivity index (χ3v) is 27.0. The highest BCUT2D eigenvalue weighted by atomic mass is 35.5. The van der Waals surface area contributed by atoms with Crippen molar-refractivity contribution in [1.82, 2.24) is 74.3 Å². The van der Waals surface area contributed by atoms with Gasteiger partial charge in [0.25, 0.3) is 29.5 Å². The summed E-state index contributed by atoms with van der Waals surface area (Å²) in [4.78, 5) is 139. The summed E-state index contributed by atoms with van der Waals surface area (Å²) in [7, 11) is 3.39. The van der Waals surface area contributed by atoms with E-state index in [1.807, 2.05) is 6.07 Å². The summed E-state index contributed by atoms with van der Waals surface area (Å²) in [5.41, 5.74) is 16.4. The SMILES string of the molecule is CC1(F)CCC(CNC(=O)c2cn(CC(N)=O)c3nccc(Cl)c23)CC1.CC1(F)CCC(O)(CNC(=O)c2cn(CC(N)=O)c3nccc(Cl)c23)CC1.CC1(F)CCCC(CNC(=O)c2cn(CC(N)=O)c3nccc(Cl)c23)C1.CC1(F)CCCC(O)(CNC(=O)c2cn(CC(N)=O)c3nccc(Cl)c23)C1.CN(C)C(=O)Cn1cc(C(=O)NCC2CCC(C)(F)CC2)c2c(Cl)cccc21. The fourth-order valence-electron chi connectivity index (χ4n) is 18.0. The summed E-state index contributed by atoms with van der Waals surface area (Å²) in [5, 5.41) is 39.6. The summed E-state index contributed by atoms with van der Waals surface area (Å²) in [6.45, 7) is 8.85. The van der Waals surface area contributed by atoms with Gasteiger partial charge in [0.2, 0.25) is 29.5 Å². The molecule has 0 saturated heterocycles. The van der Waals surface area contributed by atoms with Crippen LogP contribution < -0.4 is 49.5 Å². The monoisotopic (exact) mass is 1960 g/mol. The number of pyridine rings is 4. The first-order chi connectivity index (χ1) is 62.9. The number of fused-ring (bicyclic) bond motifs is 5. The van der Waals surface area contributed by atoms with E-state index < -0.39 is 75.0 Å². The molecule has 134 heavy (non-hydrogen) atoms. The van der Waals surface area contributed by atoms with Gasteiger partial charge in [0.05, 0.1) is 91.2 Å². The summed E-state index contributed by atoms with van der Waals surface area (Å²) >= 11 is 31.3. The zero-order chi connectivity index (χ0) is 97.9. The van der Waals surface area contributed by atoms with Crippen molar-refractivity contribution < 1.29 is 80.1 Å². The summed E-state index contributed by atoms with van der Waals surface area (Å²) in [6, 6.07) is 11.7. The molecule has 5 fully saturated rings. The second-order valence-electron chi connectivity index (χ2n) is 37.5. The Morgan fingerprint density at radius 1 is 0.381 bits per heavy atom. The van der Waals surface area contributed by atoms with Crippen molar-refractivity contribution in [2.24, 2.45) is 40.7 Å². The van der Waals surface area contributed by atoms with Crippen LogP contribution in [-0.2, 0) is 56.7 Å². The van der Waals surface area contributed by atoms with Crippen molar-refractivity contribution >= 4 is 172 Å². The molecular formula is C93H115Cl5F5N19O12. The molecule has 9 heterocycles. The molecule has 31 nitrogen and oxygen atoms in total. The molecule has 0 spiro atoms. The summed E-state index contributed by atoms with van der Waals surface area (Å²) < 4.78 is 77.9. The van der Waals surface area contributed by atoms with Gasteiger partial charge in [-0.25, -0.2) is 41.9 Å². The molecule has 5 aliphatic rings. The maximum absolute atomic E-state index is 14.3. The third-order valence-electron chi connectivity index (χ3n) is 25.4. The normalized spacial score (nSPS) is 23.9. The van der Waals surface area contributed by atoms with Gasteiger partial charge in [-0.2, -0.15) is 0 Å². The number of nitrogens with one attached hydrogen (secondary N) is 5. The Morgan fingerprint density at radius 2 is 0.701 bits per heavy atom. The number of likely N-dealkylation sites (N-methyl/N-ethyl adjacent to an activating group) is 1. The zero-order valence-corrected chi connectivity index (χ0v) is 79.5. The van der Waals surface area contributed by atoms with Crippen LogP contribution in [0.1, 0.15) is 215 Å². The van der Waals surface area contributed by atoms with Gasteiger partial charge < -0.3 is 87.5 Å². The molecule has 724 valence electrons. The highest BCUT2D eigenvalue weighted by molar-refractivity contribution is 6.39. The number of benzene rings is 1. The number of aliphatic hydroxyl groups is 2. The molecule has 15 rings (SSSR count). The number of nitrogens with zero attached hydrogens (tertiary/aromatic N) is 10. The predicted octanol–water partition coefficient (Wildman–Crippen LogP) is 13.6. The molecule has 4 atom stereocenters. The molecule has 9 aromatic heterocycles.